The molecule has 0 radical (unpaired) electrons. The van der Waals surface area contributed by atoms with Gasteiger partial charge in [0.2, 0.25) is 5.91 Å². The molecule has 0 fully saturated rings. The molecule has 0 aliphatic rings. The summed E-state index contributed by atoms with van der Waals surface area (Å²) in [5.41, 5.74) is 1.58. The van der Waals surface area contributed by atoms with Crippen LogP contribution in [0.2, 0.25) is 0 Å². The molecular formula is C15H20N2O. The van der Waals surface area contributed by atoms with Gasteiger partial charge in [-0.3, -0.25) is 4.79 Å². The molecule has 0 unspecified atom stereocenters. The topological polar surface area (TPSA) is 44.1 Å². The molecule has 0 saturated carbocycles. The van der Waals surface area contributed by atoms with Crippen LogP contribution in [0.3, 0.4) is 0 Å². The van der Waals surface area contributed by atoms with Crippen molar-refractivity contribution in [3.63, 3.8) is 0 Å². The molecule has 1 aromatic rings. The van der Waals surface area contributed by atoms with Crippen LogP contribution in [0.4, 0.5) is 0 Å². The Morgan fingerprint density at radius 1 is 1.33 bits per heavy atom. The Kier molecular flexibility index (Phi) is 5.38. The zero-order valence-electron chi connectivity index (χ0n) is 11.3. The van der Waals surface area contributed by atoms with Gasteiger partial charge in [0, 0.05) is 13.6 Å². The summed E-state index contributed by atoms with van der Waals surface area (Å²) in [4.78, 5) is 13.7. The van der Waals surface area contributed by atoms with Crippen molar-refractivity contribution in [1.29, 1.82) is 5.26 Å². The number of hydrogen-bond acceptors (Lipinski definition) is 2. The highest BCUT2D eigenvalue weighted by Crippen LogP contribution is 2.07. The molecular weight excluding hydrogens is 224 g/mol. The molecule has 18 heavy (non-hydrogen) atoms. The summed E-state index contributed by atoms with van der Waals surface area (Å²) in [5, 5.41) is 8.70. The second-order valence-corrected chi connectivity index (χ2v) is 4.98. The molecule has 0 spiro atoms. The Labute approximate surface area is 109 Å². The Bertz CT molecular complexity index is 429. The Balaban J connectivity index is 2.50. The first kappa shape index (κ1) is 14.2. The van der Waals surface area contributed by atoms with Gasteiger partial charge in [-0.2, -0.15) is 5.26 Å². The van der Waals surface area contributed by atoms with Crippen LogP contribution in [-0.4, -0.2) is 24.4 Å². The number of nitrogens with zero attached hydrogens (tertiary/aromatic N) is 2. The van der Waals surface area contributed by atoms with Gasteiger partial charge in [0.05, 0.1) is 18.1 Å². The average Bonchev–Trinajstić information content (AvgIpc) is 2.36. The van der Waals surface area contributed by atoms with Gasteiger partial charge in [-0.05, 0) is 30.0 Å². The molecule has 0 heterocycles. The van der Waals surface area contributed by atoms with Gasteiger partial charge in [-0.25, -0.2) is 0 Å². The molecule has 0 atom stereocenters. The van der Waals surface area contributed by atoms with E-state index in [1.807, 2.05) is 19.2 Å². The van der Waals surface area contributed by atoms with Crippen molar-refractivity contribution in [2.45, 2.75) is 26.7 Å². The van der Waals surface area contributed by atoms with Crippen LogP contribution < -0.4 is 0 Å². The SMILES string of the molecule is CC(C)CCN(C)C(=O)Cc1ccc(C#N)cc1. The predicted molar refractivity (Wildman–Crippen MR) is 72.0 cm³/mol. The summed E-state index contributed by atoms with van der Waals surface area (Å²) in [5.74, 6) is 0.732. The van der Waals surface area contributed by atoms with Crippen molar-refractivity contribution in [3.05, 3.63) is 35.4 Å². The standard InChI is InChI=1S/C15H20N2O/c1-12(2)8-9-17(3)15(18)10-13-4-6-14(11-16)7-5-13/h4-7,12H,8-10H2,1-3H3. The van der Waals surface area contributed by atoms with Gasteiger partial charge in [0.1, 0.15) is 0 Å². The van der Waals surface area contributed by atoms with Crippen LogP contribution in [0.15, 0.2) is 24.3 Å². The fourth-order valence-electron chi connectivity index (χ4n) is 1.58. The minimum atomic E-state index is 0.125. The van der Waals surface area contributed by atoms with E-state index < -0.39 is 0 Å². The number of rotatable bonds is 5. The molecule has 0 aliphatic carbocycles. The van der Waals surface area contributed by atoms with Gasteiger partial charge in [0.25, 0.3) is 0 Å². The third-order valence-corrected chi connectivity index (χ3v) is 2.91. The molecule has 1 rings (SSSR count). The summed E-state index contributed by atoms with van der Waals surface area (Å²) >= 11 is 0. The largest absolute Gasteiger partial charge is 0.345 e. The van der Waals surface area contributed by atoms with E-state index in [1.54, 1.807) is 17.0 Å². The highest BCUT2D eigenvalue weighted by atomic mass is 16.2. The average molecular weight is 244 g/mol. The number of amides is 1. The van der Waals surface area contributed by atoms with E-state index in [0.717, 1.165) is 18.5 Å². The zero-order chi connectivity index (χ0) is 13.5. The van der Waals surface area contributed by atoms with E-state index in [4.69, 9.17) is 5.26 Å². The van der Waals surface area contributed by atoms with Gasteiger partial charge >= 0.3 is 0 Å². The summed E-state index contributed by atoms with van der Waals surface area (Å²) in [6, 6.07) is 9.24. The lowest BCUT2D eigenvalue weighted by Crippen LogP contribution is -2.29. The van der Waals surface area contributed by atoms with Crippen molar-refractivity contribution >= 4 is 5.91 Å². The van der Waals surface area contributed by atoms with E-state index in [0.29, 0.717) is 17.9 Å². The number of nitriles is 1. The highest BCUT2D eigenvalue weighted by Gasteiger charge is 2.09. The summed E-state index contributed by atoms with van der Waals surface area (Å²) in [6.45, 7) is 5.10. The molecule has 96 valence electrons. The quantitative estimate of drug-likeness (QED) is 0.799. The Hall–Kier alpha value is -1.82. The van der Waals surface area contributed by atoms with E-state index in [2.05, 4.69) is 19.9 Å². The second-order valence-electron chi connectivity index (χ2n) is 4.98. The molecule has 0 bridgehead atoms. The second kappa shape index (κ2) is 6.80. The maximum Gasteiger partial charge on any atom is 0.226 e. The Morgan fingerprint density at radius 3 is 2.44 bits per heavy atom. The van der Waals surface area contributed by atoms with Gasteiger partial charge in [0.15, 0.2) is 0 Å². The first-order valence-electron chi connectivity index (χ1n) is 6.26. The van der Waals surface area contributed by atoms with E-state index in [9.17, 15) is 4.79 Å². The number of carbonyl (C=O) groups is 1. The van der Waals surface area contributed by atoms with E-state index in [1.165, 1.54) is 0 Å². The van der Waals surface area contributed by atoms with Crippen LogP contribution in [0.5, 0.6) is 0 Å². The lowest BCUT2D eigenvalue weighted by molar-refractivity contribution is -0.129. The molecule has 0 aliphatic heterocycles. The van der Waals surface area contributed by atoms with Crippen LogP contribution in [0, 0.1) is 17.2 Å². The first-order valence-corrected chi connectivity index (χ1v) is 6.26. The number of benzene rings is 1. The van der Waals surface area contributed by atoms with E-state index in [-0.39, 0.29) is 5.91 Å². The smallest absolute Gasteiger partial charge is 0.226 e. The molecule has 0 saturated heterocycles. The molecule has 3 nitrogen and oxygen atoms in total. The van der Waals surface area contributed by atoms with Crippen LogP contribution in [0.1, 0.15) is 31.4 Å². The number of carbonyl (C=O) groups excluding carboxylic acids is 1. The summed E-state index contributed by atoms with van der Waals surface area (Å²) in [6.07, 6.45) is 1.43. The third kappa shape index (κ3) is 4.58. The van der Waals surface area contributed by atoms with E-state index >= 15 is 0 Å². The summed E-state index contributed by atoms with van der Waals surface area (Å²) < 4.78 is 0. The first-order chi connectivity index (χ1) is 8.52. The molecule has 1 amide bonds. The van der Waals surface area contributed by atoms with Gasteiger partial charge < -0.3 is 4.90 Å². The Morgan fingerprint density at radius 2 is 1.94 bits per heavy atom. The number of hydrogen-bond donors (Lipinski definition) is 0. The van der Waals surface area contributed by atoms with Crippen LogP contribution >= 0.6 is 0 Å². The lowest BCUT2D eigenvalue weighted by atomic mass is 10.1. The monoisotopic (exact) mass is 244 g/mol. The number of likely N-dealkylation sites (N-methyl/N-ethyl adjacent to an activating group) is 1. The van der Waals surface area contributed by atoms with Crippen molar-refractivity contribution in [3.8, 4) is 6.07 Å². The van der Waals surface area contributed by atoms with Gasteiger partial charge in [-0.1, -0.05) is 26.0 Å². The molecule has 3 heteroatoms. The van der Waals surface area contributed by atoms with Crippen molar-refractivity contribution < 1.29 is 4.79 Å². The van der Waals surface area contributed by atoms with Crippen molar-refractivity contribution in [1.82, 2.24) is 4.90 Å². The van der Waals surface area contributed by atoms with Crippen molar-refractivity contribution in [2.75, 3.05) is 13.6 Å². The maximum atomic E-state index is 11.9. The fraction of sp³-hybridized carbons (Fsp3) is 0.467. The van der Waals surface area contributed by atoms with Crippen molar-refractivity contribution in [2.24, 2.45) is 5.92 Å². The lowest BCUT2D eigenvalue weighted by Gasteiger charge is -2.18. The predicted octanol–water partition coefficient (Wildman–Crippen LogP) is 2.61. The summed E-state index contributed by atoms with van der Waals surface area (Å²) in [7, 11) is 1.84. The highest BCUT2D eigenvalue weighted by molar-refractivity contribution is 5.78. The minimum absolute atomic E-state index is 0.125. The van der Waals surface area contributed by atoms with Crippen LogP contribution in [0.25, 0.3) is 0 Å². The normalized spacial score (nSPS) is 10.2. The van der Waals surface area contributed by atoms with Crippen LogP contribution in [-0.2, 0) is 11.2 Å². The maximum absolute atomic E-state index is 11.9. The minimum Gasteiger partial charge on any atom is -0.345 e. The van der Waals surface area contributed by atoms with Gasteiger partial charge in [-0.15, -0.1) is 0 Å². The molecule has 0 aromatic heterocycles. The zero-order valence-corrected chi connectivity index (χ0v) is 11.3. The molecule has 1 aromatic carbocycles. The fourth-order valence-corrected chi connectivity index (χ4v) is 1.58. The molecule has 0 N–H and O–H groups in total. The third-order valence-electron chi connectivity index (χ3n) is 2.91.